The molecular weight excluding hydrogens is 342 g/mol. The molecule has 0 bridgehead atoms. The molecule has 1 heterocycles. The van der Waals surface area contributed by atoms with Crippen molar-refractivity contribution in [1.82, 2.24) is 0 Å². The molecule has 5 nitrogen and oxygen atoms in total. The molecule has 6 atom stereocenters. The summed E-state index contributed by atoms with van der Waals surface area (Å²) >= 11 is 0. The second-order valence-electron chi connectivity index (χ2n) is 10.1. The highest BCUT2D eigenvalue weighted by molar-refractivity contribution is 5.33. The van der Waals surface area contributed by atoms with Crippen molar-refractivity contribution < 1.29 is 19.7 Å². The van der Waals surface area contributed by atoms with Crippen LogP contribution in [0.3, 0.4) is 0 Å². The largest absolute Gasteiger partial charge is 0.389 e. The minimum Gasteiger partial charge on any atom is -0.389 e. The van der Waals surface area contributed by atoms with E-state index in [-0.39, 0.29) is 17.3 Å². The first-order valence-electron chi connectivity index (χ1n) is 10.6. The zero-order valence-electron chi connectivity index (χ0n) is 16.5. The maximum absolute atomic E-state index is 12.1. The Bertz CT molecular complexity index is 737. The fraction of sp³-hybridized carbons (Fsp3) is 0.864. The quantitative estimate of drug-likeness (QED) is 0.504. The normalized spacial score (nSPS) is 53.2. The molecule has 4 fully saturated rings. The Balaban J connectivity index is 1.52. The maximum Gasteiger partial charge on any atom is 0.172 e. The standard InChI is InChI=1S/C22H31NO4/c1-18-7-9-21(26-11-12-27-21)13-15(18)3-4-17-16-5-6-20(24,14-23)19(16,2)8-10-22(17,18)25/h3,16-17,24-25H,4-13H2,1-2H3/t16-,17-,18-,19-,20+,22+/m0/s1. The third-order valence-corrected chi connectivity index (χ3v) is 9.45. The van der Waals surface area contributed by atoms with Crippen LogP contribution in [0.5, 0.6) is 0 Å². The van der Waals surface area contributed by atoms with Gasteiger partial charge in [-0.3, -0.25) is 0 Å². The van der Waals surface area contributed by atoms with Crippen molar-refractivity contribution in [2.45, 2.75) is 82.2 Å². The summed E-state index contributed by atoms with van der Waals surface area (Å²) in [5, 5.41) is 32.7. The zero-order valence-corrected chi connectivity index (χ0v) is 16.5. The van der Waals surface area contributed by atoms with E-state index in [0.29, 0.717) is 32.5 Å². The smallest absolute Gasteiger partial charge is 0.172 e. The second-order valence-corrected chi connectivity index (χ2v) is 10.1. The fourth-order valence-electron chi connectivity index (χ4n) is 7.49. The van der Waals surface area contributed by atoms with Gasteiger partial charge in [-0.25, -0.2) is 0 Å². The van der Waals surface area contributed by atoms with E-state index in [9.17, 15) is 15.5 Å². The third-order valence-electron chi connectivity index (χ3n) is 9.45. The lowest BCUT2D eigenvalue weighted by Gasteiger charge is -2.63. The van der Waals surface area contributed by atoms with Gasteiger partial charge in [0.15, 0.2) is 11.4 Å². The number of nitriles is 1. The molecule has 5 aliphatic rings. The average molecular weight is 373 g/mol. The minimum absolute atomic E-state index is 0.104. The highest BCUT2D eigenvalue weighted by Gasteiger charge is 2.69. The molecule has 1 spiro atoms. The van der Waals surface area contributed by atoms with Gasteiger partial charge < -0.3 is 19.7 Å². The van der Waals surface area contributed by atoms with Crippen LogP contribution in [-0.4, -0.2) is 40.4 Å². The molecule has 0 aromatic carbocycles. The Labute approximate surface area is 161 Å². The molecular formula is C22H31NO4. The first-order valence-corrected chi connectivity index (χ1v) is 10.6. The van der Waals surface area contributed by atoms with E-state index >= 15 is 0 Å². The van der Waals surface area contributed by atoms with Gasteiger partial charge >= 0.3 is 0 Å². The van der Waals surface area contributed by atoms with Crippen LogP contribution >= 0.6 is 0 Å². The van der Waals surface area contributed by atoms with E-state index in [4.69, 9.17) is 9.47 Å². The Morgan fingerprint density at radius 1 is 1.04 bits per heavy atom. The fourth-order valence-corrected chi connectivity index (χ4v) is 7.49. The predicted octanol–water partition coefficient (Wildman–Crippen LogP) is 3.06. The molecule has 27 heavy (non-hydrogen) atoms. The summed E-state index contributed by atoms with van der Waals surface area (Å²) in [6.45, 7) is 5.61. The first kappa shape index (κ1) is 18.1. The minimum atomic E-state index is -1.26. The summed E-state index contributed by atoms with van der Waals surface area (Å²) in [4.78, 5) is 0. The van der Waals surface area contributed by atoms with Crippen LogP contribution in [0.2, 0.25) is 0 Å². The zero-order chi connectivity index (χ0) is 19.1. The lowest BCUT2D eigenvalue weighted by molar-refractivity contribution is -0.227. The summed E-state index contributed by atoms with van der Waals surface area (Å²) in [7, 11) is 0. The van der Waals surface area contributed by atoms with Crippen molar-refractivity contribution in [1.29, 1.82) is 5.26 Å². The van der Waals surface area contributed by atoms with Crippen molar-refractivity contribution in [3.63, 3.8) is 0 Å². The SMILES string of the molecule is C[C@]12CCC3(CC1=CC[C@H]1[C@@H]4CC[C@@](O)(C#N)[C@@]4(C)CC[C@@]12O)OCCO3. The molecule has 5 rings (SSSR count). The summed E-state index contributed by atoms with van der Waals surface area (Å²) in [5.74, 6) is -0.191. The van der Waals surface area contributed by atoms with Crippen LogP contribution in [0.4, 0.5) is 0 Å². The van der Waals surface area contributed by atoms with Crippen molar-refractivity contribution in [2.75, 3.05) is 13.2 Å². The predicted molar refractivity (Wildman–Crippen MR) is 98.4 cm³/mol. The van der Waals surface area contributed by atoms with Gasteiger partial charge in [0.2, 0.25) is 0 Å². The van der Waals surface area contributed by atoms with E-state index in [1.807, 2.05) is 0 Å². The van der Waals surface area contributed by atoms with E-state index in [1.54, 1.807) is 0 Å². The number of aliphatic hydroxyl groups is 2. The van der Waals surface area contributed by atoms with Gasteiger partial charge in [-0.15, -0.1) is 0 Å². The van der Waals surface area contributed by atoms with Crippen LogP contribution in [-0.2, 0) is 9.47 Å². The van der Waals surface area contributed by atoms with E-state index in [0.717, 1.165) is 32.1 Å². The summed E-state index contributed by atoms with van der Waals surface area (Å²) < 4.78 is 11.9. The molecule has 2 N–H and O–H groups in total. The number of fused-ring (bicyclic) bond motifs is 5. The monoisotopic (exact) mass is 373 g/mol. The molecule has 3 saturated carbocycles. The Morgan fingerprint density at radius 3 is 2.48 bits per heavy atom. The van der Waals surface area contributed by atoms with Crippen LogP contribution in [0, 0.1) is 34.0 Å². The van der Waals surface area contributed by atoms with E-state index in [1.165, 1.54) is 5.57 Å². The molecule has 0 unspecified atom stereocenters. The highest BCUT2D eigenvalue weighted by Crippen LogP contribution is 2.69. The van der Waals surface area contributed by atoms with Gasteiger partial charge in [-0.2, -0.15) is 5.26 Å². The number of hydrogen-bond acceptors (Lipinski definition) is 5. The molecule has 5 heteroatoms. The van der Waals surface area contributed by atoms with Crippen molar-refractivity contribution in [3.8, 4) is 6.07 Å². The summed E-state index contributed by atoms with van der Waals surface area (Å²) in [5.41, 5.74) is -1.45. The van der Waals surface area contributed by atoms with Crippen LogP contribution < -0.4 is 0 Å². The number of rotatable bonds is 0. The lowest BCUT2D eigenvalue weighted by atomic mass is 9.44. The highest BCUT2D eigenvalue weighted by atomic mass is 16.7. The number of allylic oxidation sites excluding steroid dienone is 1. The van der Waals surface area contributed by atoms with Gasteiger partial charge in [0.25, 0.3) is 0 Å². The van der Waals surface area contributed by atoms with Gasteiger partial charge in [0, 0.05) is 23.7 Å². The molecule has 4 aliphatic carbocycles. The van der Waals surface area contributed by atoms with Gasteiger partial charge in [-0.05, 0) is 50.4 Å². The molecule has 0 aromatic heterocycles. The molecule has 0 radical (unpaired) electrons. The number of nitrogens with zero attached hydrogens (tertiary/aromatic N) is 1. The van der Waals surface area contributed by atoms with Gasteiger partial charge in [0.05, 0.1) is 24.9 Å². The second kappa shape index (κ2) is 5.36. The van der Waals surface area contributed by atoms with Gasteiger partial charge in [0.1, 0.15) is 0 Å². The molecule has 1 aliphatic heterocycles. The van der Waals surface area contributed by atoms with Crippen molar-refractivity contribution in [3.05, 3.63) is 11.6 Å². The van der Waals surface area contributed by atoms with Crippen molar-refractivity contribution in [2.24, 2.45) is 22.7 Å². The van der Waals surface area contributed by atoms with E-state index < -0.39 is 22.4 Å². The molecule has 0 aromatic rings. The van der Waals surface area contributed by atoms with Crippen LogP contribution in [0.25, 0.3) is 0 Å². The molecule has 0 amide bonds. The average Bonchev–Trinajstić information content (AvgIpc) is 3.21. The van der Waals surface area contributed by atoms with Crippen LogP contribution in [0.1, 0.15) is 65.2 Å². The Hall–Kier alpha value is -0.930. The lowest BCUT2D eigenvalue weighted by Crippen LogP contribution is -2.65. The summed E-state index contributed by atoms with van der Waals surface area (Å²) in [6.07, 6.45) is 8.27. The number of ether oxygens (including phenoxy) is 2. The topological polar surface area (TPSA) is 82.7 Å². The Kier molecular flexibility index (Phi) is 3.60. The third kappa shape index (κ3) is 2.03. The number of hydrogen-bond donors (Lipinski definition) is 2. The summed E-state index contributed by atoms with van der Waals surface area (Å²) in [6, 6.07) is 2.21. The Morgan fingerprint density at radius 2 is 1.78 bits per heavy atom. The first-order chi connectivity index (χ1) is 12.7. The van der Waals surface area contributed by atoms with Gasteiger partial charge in [-0.1, -0.05) is 25.5 Å². The molecule has 148 valence electrons. The van der Waals surface area contributed by atoms with E-state index in [2.05, 4.69) is 26.0 Å². The maximum atomic E-state index is 12.1. The molecule has 1 saturated heterocycles. The van der Waals surface area contributed by atoms with Crippen LogP contribution in [0.15, 0.2) is 11.6 Å². The van der Waals surface area contributed by atoms with Crippen molar-refractivity contribution >= 4 is 0 Å².